The number of nitrogens with one attached hydrogen (secondary N) is 1. The molecule has 1 aliphatic heterocycles. The van der Waals surface area contributed by atoms with Gasteiger partial charge in [0.2, 0.25) is 0 Å². The third kappa shape index (κ3) is 1.32. The molecule has 2 aliphatic rings. The average Bonchev–Trinajstić information content (AvgIpc) is 2.48. The first-order valence-corrected chi connectivity index (χ1v) is 4.22. The molecule has 1 saturated carbocycles. The lowest BCUT2D eigenvalue weighted by atomic mass is 10.3. The third-order valence-corrected chi connectivity index (χ3v) is 2.42. The van der Waals surface area contributed by atoms with Crippen molar-refractivity contribution in [3.05, 3.63) is 0 Å². The molecule has 0 bridgehead atoms. The molecule has 2 nitrogen and oxygen atoms in total. The van der Waals surface area contributed by atoms with Crippen LogP contribution in [0.1, 0.15) is 19.8 Å². The van der Waals surface area contributed by atoms with E-state index in [0.29, 0.717) is 12.2 Å². The Morgan fingerprint density at radius 1 is 1.50 bits per heavy atom. The Morgan fingerprint density at radius 2 is 2.30 bits per heavy atom. The molecular formula is C8H15NO. The molecule has 3 unspecified atom stereocenters. The van der Waals surface area contributed by atoms with Gasteiger partial charge in [0.15, 0.2) is 0 Å². The van der Waals surface area contributed by atoms with E-state index in [1.54, 1.807) is 0 Å². The van der Waals surface area contributed by atoms with Crippen LogP contribution in [0.2, 0.25) is 0 Å². The summed E-state index contributed by atoms with van der Waals surface area (Å²) in [7, 11) is 0. The maximum atomic E-state index is 5.77. The van der Waals surface area contributed by atoms with E-state index in [1.807, 2.05) is 0 Å². The van der Waals surface area contributed by atoms with Crippen molar-refractivity contribution in [2.45, 2.75) is 32.0 Å². The fourth-order valence-electron chi connectivity index (χ4n) is 1.47. The van der Waals surface area contributed by atoms with Crippen LogP contribution in [0.3, 0.4) is 0 Å². The van der Waals surface area contributed by atoms with Crippen molar-refractivity contribution in [3.8, 4) is 0 Å². The molecular weight excluding hydrogens is 126 g/mol. The van der Waals surface area contributed by atoms with Crippen LogP contribution in [0.15, 0.2) is 0 Å². The topological polar surface area (TPSA) is 21.3 Å². The lowest BCUT2D eigenvalue weighted by molar-refractivity contribution is 0.0465. The van der Waals surface area contributed by atoms with E-state index in [0.717, 1.165) is 19.0 Å². The SMILES string of the molecule is CC1CC1OC1CCNC1. The van der Waals surface area contributed by atoms with Crippen LogP contribution in [0, 0.1) is 5.92 Å². The summed E-state index contributed by atoms with van der Waals surface area (Å²) in [4.78, 5) is 0. The summed E-state index contributed by atoms with van der Waals surface area (Å²) in [5, 5.41) is 3.30. The van der Waals surface area contributed by atoms with Gasteiger partial charge < -0.3 is 10.1 Å². The largest absolute Gasteiger partial charge is 0.373 e. The lowest BCUT2D eigenvalue weighted by Gasteiger charge is -2.08. The van der Waals surface area contributed by atoms with E-state index in [4.69, 9.17) is 4.74 Å². The zero-order valence-corrected chi connectivity index (χ0v) is 6.47. The van der Waals surface area contributed by atoms with Crippen molar-refractivity contribution in [3.63, 3.8) is 0 Å². The van der Waals surface area contributed by atoms with Crippen LogP contribution in [-0.2, 0) is 4.74 Å². The Bertz CT molecular complexity index is 120. The van der Waals surface area contributed by atoms with Crippen LogP contribution in [0.5, 0.6) is 0 Å². The molecule has 0 aromatic carbocycles. The van der Waals surface area contributed by atoms with Crippen molar-refractivity contribution in [1.29, 1.82) is 0 Å². The van der Waals surface area contributed by atoms with Crippen molar-refractivity contribution in [1.82, 2.24) is 5.32 Å². The summed E-state index contributed by atoms with van der Waals surface area (Å²) in [6.07, 6.45) is 3.62. The minimum Gasteiger partial charge on any atom is -0.373 e. The molecule has 0 spiro atoms. The van der Waals surface area contributed by atoms with E-state index in [2.05, 4.69) is 12.2 Å². The Kier molecular flexibility index (Phi) is 1.66. The first-order valence-electron chi connectivity index (χ1n) is 4.22. The number of hydrogen-bond acceptors (Lipinski definition) is 2. The fraction of sp³-hybridized carbons (Fsp3) is 1.00. The molecule has 0 aromatic rings. The summed E-state index contributed by atoms with van der Waals surface area (Å²) in [5.74, 6) is 0.834. The van der Waals surface area contributed by atoms with Gasteiger partial charge in [-0.15, -0.1) is 0 Å². The van der Waals surface area contributed by atoms with Gasteiger partial charge in [0.1, 0.15) is 0 Å². The van der Waals surface area contributed by atoms with Gasteiger partial charge >= 0.3 is 0 Å². The molecule has 0 aromatic heterocycles. The maximum absolute atomic E-state index is 5.77. The quantitative estimate of drug-likeness (QED) is 0.613. The molecule has 2 rings (SSSR count). The Hall–Kier alpha value is -0.0800. The second-order valence-corrected chi connectivity index (χ2v) is 3.50. The second-order valence-electron chi connectivity index (χ2n) is 3.50. The number of ether oxygens (including phenoxy) is 1. The van der Waals surface area contributed by atoms with Crippen LogP contribution >= 0.6 is 0 Å². The van der Waals surface area contributed by atoms with Gasteiger partial charge in [-0.05, 0) is 25.3 Å². The average molecular weight is 141 g/mol. The van der Waals surface area contributed by atoms with Gasteiger partial charge in [-0.1, -0.05) is 6.92 Å². The highest BCUT2D eigenvalue weighted by Crippen LogP contribution is 2.34. The molecule has 1 heterocycles. The monoisotopic (exact) mass is 141 g/mol. The van der Waals surface area contributed by atoms with E-state index < -0.39 is 0 Å². The van der Waals surface area contributed by atoms with Crippen molar-refractivity contribution in [2.24, 2.45) is 5.92 Å². The molecule has 1 saturated heterocycles. The van der Waals surface area contributed by atoms with E-state index in [-0.39, 0.29) is 0 Å². The molecule has 1 N–H and O–H groups in total. The predicted molar refractivity (Wildman–Crippen MR) is 39.9 cm³/mol. The molecule has 3 atom stereocenters. The molecule has 2 fully saturated rings. The molecule has 10 heavy (non-hydrogen) atoms. The van der Waals surface area contributed by atoms with Crippen LogP contribution in [0.25, 0.3) is 0 Å². The minimum absolute atomic E-state index is 0.523. The first kappa shape index (κ1) is 6.62. The molecule has 2 heteroatoms. The zero-order valence-electron chi connectivity index (χ0n) is 6.47. The Labute approximate surface area is 61.9 Å². The summed E-state index contributed by atoms with van der Waals surface area (Å²) in [5.41, 5.74) is 0. The smallest absolute Gasteiger partial charge is 0.0715 e. The normalized spacial score (nSPS) is 45.9. The van der Waals surface area contributed by atoms with Gasteiger partial charge in [0.25, 0.3) is 0 Å². The van der Waals surface area contributed by atoms with Gasteiger partial charge in [0.05, 0.1) is 12.2 Å². The predicted octanol–water partition coefficient (Wildman–Crippen LogP) is 0.773. The van der Waals surface area contributed by atoms with E-state index in [9.17, 15) is 0 Å². The van der Waals surface area contributed by atoms with Crippen molar-refractivity contribution >= 4 is 0 Å². The minimum atomic E-state index is 0.523. The van der Waals surface area contributed by atoms with Gasteiger partial charge in [-0.3, -0.25) is 0 Å². The lowest BCUT2D eigenvalue weighted by Crippen LogP contribution is -2.18. The van der Waals surface area contributed by atoms with Crippen LogP contribution < -0.4 is 5.32 Å². The molecule has 1 aliphatic carbocycles. The van der Waals surface area contributed by atoms with Crippen LogP contribution in [0.4, 0.5) is 0 Å². The third-order valence-electron chi connectivity index (χ3n) is 2.42. The maximum Gasteiger partial charge on any atom is 0.0715 e. The zero-order chi connectivity index (χ0) is 6.97. The first-order chi connectivity index (χ1) is 4.86. The molecule has 0 radical (unpaired) electrons. The Balaban J connectivity index is 1.70. The molecule has 0 amide bonds. The standard InChI is InChI=1S/C8H15NO/c1-6-4-8(6)10-7-2-3-9-5-7/h6-9H,2-5H2,1H3. The highest BCUT2D eigenvalue weighted by Gasteiger charge is 2.36. The summed E-state index contributed by atoms with van der Waals surface area (Å²) in [6.45, 7) is 4.47. The number of rotatable bonds is 2. The summed E-state index contributed by atoms with van der Waals surface area (Å²) in [6, 6.07) is 0. The second kappa shape index (κ2) is 2.51. The Morgan fingerprint density at radius 3 is 2.80 bits per heavy atom. The summed E-state index contributed by atoms with van der Waals surface area (Å²) < 4.78 is 5.77. The van der Waals surface area contributed by atoms with Crippen molar-refractivity contribution < 1.29 is 4.74 Å². The van der Waals surface area contributed by atoms with Crippen molar-refractivity contribution in [2.75, 3.05) is 13.1 Å². The highest BCUT2D eigenvalue weighted by molar-refractivity contribution is 4.86. The van der Waals surface area contributed by atoms with Crippen LogP contribution in [-0.4, -0.2) is 25.3 Å². The van der Waals surface area contributed by atoms with Gasteiger partial charge in [-0.2, -0.15) is 0 Å². The molecule has 58 valence electrons. The summed E-state index contributed by atoms with van der Waals surface area (Å²) >= 11 is 0. The van der Waals surface area contributed by atoms with Gasteiger partial charge in [-0.25, -0.2) is 0 Å². The van der Waals surface area contributed by atoms with E-state index >= 15 is 0 Å². The fourth-order valence-corrected chi connectivity index (χ4v) is 1.47. The van der Waals surface area contributed by atoms with Gasteiger partial charge in [0, 0.05) is 6.54 Å². The highest BCUT2D eigenvalue weighted by atomic mass is 16.5. The number of hydrogen-bond donors (Lipinski definition) is 1. The van der Waals surface area contributed by atoms with E-state index in [1.165, 1.54) is 12.8 Å².